The second kappa shape index (κ2) is 7.15. The standard InChI is InChI=1S/C19H13ClINO/c20-17-12-16(21)10-11-18(17)22-19(23)15-8-6-14(7-9-15)13-4-2-1-3-5-13/h1-12H,(H,22,23). The molecule has 0 fully saturated rings. The number of carbonyl (C=O) groups is 1. The molecule has 0 heterocycles. The van der Waals surface area contributed by atoms with E-state index in [4.69, 9.17) is 11.6 Å². The molecule has 1 amide bonds. The molecule has 0 unspecified atom stereocenters. The van der Waals surface area contributed by atoms with E-state index in [2.05, 4.69) is 27.9 Å². The lowest BCUT2D eigenvalue weighted by Gasteiger charge is -2.08. The summed E-state index contributed by atoms with van der Waals surface area (Å²) in [5, 5.41) is 3.37. The van der Waals surface area contributed by atoms with Gasteiger partial charge in [0.1, 0.15) is 0 Å². The maximum absolute atomic E-state index is 12.3. The van der Waals surface area contributed by atoms with Gasteiger partial charge in [0.05, 0.1) is 10.7 Å². The fraction of sp³-hybridized carbons (Fsp3) is 0. The van der Waals surface area contributed by atoms with Crippen molar-refractivity contribution in [1.82, 2.24) is 0 Å². The molecule has 3 rings (SSSR count). The normalized spacial score (nSPS) is 10.3. The molecule has 3 aromatic carbocycles. The summed E-state index contributed by atoms with van der Waals surface area (Å²) >= 11 is 8.33. The summed E-state index contributed by atoms with van der Waals surface area (Å²) in [6.07, 6.45) is 0. The minimum atomic E-state index is -0.173. The Morgan fingerprint density at radius 3 is 2.17 bits per heavy atom. The molecule has 114 valence electrons. The van der Waals surface area contributed by atoms with E-state index in [-0.39, 0.29) is 5.91 Å². The van der Waals surface area contributed by atoms with Crippen LogP contribution < -0.4 is 5.32 Å². The van der Waals surface area contributed by atoms with Gasteiger partial charge in [-0.25, -0.2) is 0 Å². The van der Waals surface area contributed by atoms with E-state index < -0.39 is 0 Å². The number of halogens is 2. The largest absolute Gasteiger partial charge is 0.321 e. The summed E-state index contributed by atoms with van der Waals surface area (Å²) in [7, 11) is 0. The summed E-state index contributed by atoms with van der Waals surface area (Å²) < 4.78 is 1.03. The minimum Gasteiger partial charge on any atom is -0.321 e. The van der Waals surface area contributed by atoms with Crippen molar-refractivity contribution < 1.29 is 4.79 Å². The van der Waals surface area contributed by atoms with Crippen LogP contribution in [0.5, 0.6) is 0 Å². The van der Waals surface area contributed by atoms with E-state index in [1.807, 2.05) is 66.7 Å². The predicted molar refractivity (Wildman–Crippen MR) is 104 cm³/mol. The third-order valence-corrected chi connectivity index (χ3v) is 4.42. The van der Waals surface area contributed by atoms with Crippen LogP contribution in [0.15, 0.2) is 72.8 Å². The summed E-state index contributed by atoms with van der Waals surface area (Å²) in [5.41, 5.74) is 3.41. The van der Waals surface area contributed by atoms with E-state index in [0.29, 0.717) is 16.3 Å². The molecular weight excluding hydrogens is 421 g/mol. The van der Waals surface area contributed by atoms with Crippen LogP contribution in [-0.2, 0) is 0 Å². The van der Waals surface area contributed by atoms with Gasteiger partial charge in [0.25, 0.3) is 5.91 Å². The Kier molecular flexibility index (Phi) is 4.98. The van der Waals surface area contributed by atoms with Crippen LogP contribution in [0.2, 0.25) is 5.02 Å². The first-order valence-electron chi connectivity index (χ1n) is 7.05. The van der Waals surface area contributed by atoms with Gasteiger partial charge in [-0.2, -0.15) is 0 Å². The molecule has 0 aromatic heterocycles. The van der Waals surface area contributed by atoms with Gasteiger partial charge >= 0.3 is 0 Å². The summed E-state index contributed by atoms with van der Waals surface area (Å²) in [4.78, 5) is 12.3. The molecule has 0 saturated carbocycles. The first-order chi connectivity index (χ1) is 11.1. The Balaban J connectivity index is 1.78. The van der Waals surface area contributed by atoms with Crippen LogP contribution in [0.4, 0.5) is 5.69 Å². The van der Waals surface area contributed by atoms with Crippen LogP contribution in [0, 0.1) is 3.57 Å². The summed E-state index contributed by atoms with van der Waals surface area (Å²) in [6, 6.07) is 23.1. The second-order valence-corrected chi connectivity index (χ2v) is 6.67. The van der Waals surface area contributed by atoms with Crippen LogP contribution in [0.25, 0.3) is 11.1 Å². The molecule has 3 aromatic rings. The zero-order valence-corrected chi connectivity index (χ0v) is 15.0. The number of rotatable bonds is 3. The Bertz CT molecular complexity index is 832. The third kappa shape index (κ3) is 3.92. The number of carbonyl (C=O) groups excluding carboxylic acids is 1. The first-order valence-corrected chi connectivity index (χ1v) is 8.51. The Morgan fingerprint density at radius 1 is 0.870 bits per heavy atom. The van der Waals surface area contributed by atoms with Crippen LogP contribution in [0.1, 0.15) is 10.4 Å². The zero-order chi connectivity index (χ0) is 16.2. The molecule has 1 N–H and O–H groups in total. The van der Waals surface area contributed by atoms with Gasteiger partial charge in [-0.15, -0.1) is 0 Å². The van der Waals surface area contributed by atoms with Crippen molar-refractivity contribution in [2.24, 2.45) is 0 Å². The average Bonchev–Trinajstić information content (AvgIpc) is 2.58. The van der Waals surface area contributed by atoms with Gasteiger partial charge in [0, 0.05) is 9.13 Å². The van der Waals surface area contributed by atoms with Crippen LogP contribution in [0.3, 0.4) is 0 Å². The molecule has 0 spiro atoms. The SMILES string of the molecule is O=C(Nc1ccc(I)cc1Cl)c1ccc(-c2ccccc2)cc1. The summed E-state index contributed by atoms with van der Waals surface area (Å²) in [5.74, 6) is -0.173. The lowest BCUT2D eigenvalue weighted by Crippen LogP contribution is -2.12. The molecule has 0 bridgehead atoms. The number of hydrogen-bond acceptors (Lipinski definition) is 1. The molecule has 0 atom stereocenters. The van der Waals surface area contributed by atoms with Crippen molar-refractivity contribution in [3.8, 4) is 11.1 Å². The number of amides is 1. The molecule has 0 radical (unpaired) electrons. The van der Waals surface area contributed by atoms with Gasteiger partial charge in [-0.3, -0.25) is 4.79 Å². The topological polar surface area (TPSA) is 29.1 Å². The molecule has 23 heavy (non-hydrogen) atoms. The van der Waals surface area contributed by atoms with E-state index in [0.717, 1.165) is 14.7 Å². The number of nitrogens with one attached hydrogen (secondary N) is 1. The summed E-state index contributed by atoms with van der Waals surface area (Å²) in [6.45, 7) is 0. The predicted octanol–water partition coefficient (Wildman–Crippen LogP) is 5.86. The molecule has 0 aliphatic heterocycles. The highest BCUT2D eigenvalue weighted by atomic mass is 127. The number of anilines is 1. The molecular formula is C19H13ClINO. The third-order valence-electron chi connectivity index (χ3n) is 3.43. The van der Waals surface area contributed by atoms with Crippen LogP contribution >= 0.6 is 34.2 Å². The fourth-order valence-electron chi connectivity index (χ4n) is 2.23. The van der Waals surface area contributed by atoms with Gasteiger partial charge in [0.2, 0.25) is 0 Å². The molecule has 0 aliphatic carbocycles. The van der Waals surface area contributed by atoms with E-state index >= 15 is 0 Å². The smallest absolute Gasteiger partial charge is 0.255 e. The monoisotopic (exact) mass is 433 g/mol. The number of hydrogen-bond donors (Lipinski definition) is 1. The number of benzene rings is 3. The van der Waals surface area contributed by atoms with E-state index in [1.165, 1.54) is 0 Å². The maximum Gasteiger partial charge on any atom is 0.255 e. The second-order valence-electron chi connectivity index (χ2n) is 5.02. The van der Waals surface area contributed by atoms with Gasteiger partial charge in [-0.1, -0.05) is 54.1 Å². The molecule has 0 aliphatic rings. The van der Waals surface area contributed by atoms with Crippen molar-refractivity contribution in [1.29, 1.82) is 0 Å². The van der Waals surface area contributed by atoms with Crippen LogP contribution in [-0.4, -0.2) is 5.91 Å². The quantitative estimate of drug-likeness (QED) is 0.515. The minimum absolute atomic E-state index is 0.173. The van der Waals surface area contributed by atoms with Gasteiger partial charge in [-0.05, 0) is 64.0 Å². The van der Waals surface area contributed by atoms with Gasteiger partial charge in [0.15, 0.2) is 0 Å². The first kappa shape index (κ1) is 16.0. The maximum atomic E-state index is 12.3. The van der Waals surface area contributed by atoms with Crippen molar-refractivity contribution in [3.05, 3.63) is 87.0 Å². The Morgan fingerprint density at radius 2 is 1.52 bits per heavy atom. The van der Waals surface area contributed by atoms with E-state index in [1.54, 1.807) is 6.07 Å². The van der Waals surface area contributed by atoms with E-state index in [9.17, 15) is 4.79 Å². The highest BCUT2D eigenvalue weighted by Crippen LogP contribution is 2.25. The highest BCUT2D eigenvalue weighted by Gasteiger charge is 2.09. The highest BCUT2D eigenvalue weighted by molar-refractivity contribution is 14.1. The lowest BCUT2D eigenvalue weighted by atomic mass is 10.0. The van der Waals surface area contributed by atoms with Crippen molar-refractivity contribution >= 4 is 45.8 Å². The lowest BCUT2D eigenvalue weighted by molar-refractivity contribution is 0.102. The van der Waals surface area contributed by atoms with Crippen molar-refractivity contribution in [3.63, 3.8) is 0 Å². The molecule has 2 nitrogen and oxygen atoms in total. The molecule has 0 saturated heterocycles. The Hall–Kier alpha value is -1.85. The van der Waals surface area contributed by atoms with Gasteiger partial charge < -0.3 is 5.32 Å². The van der Waals surface area contributed by atoms with Crippen molar-refractivity contribution in [2.75, 3.05) is 5.32 Å². The average molecular weight is 434 g/mol. The molecule has 4 heteroatoms. The Labute approximate surface area is 153 Å². The van der Waals surface area contributed by atoms with Crippen molar-refractivity contribution in [2.45, 2.75) is 0 Å². The fourth-order valence-corrected chi connectivity index (χ4v) is 3.13. The zero-order valence-electron chi connectivity index (χ0n) is 12.1.